The van der Waals surface area contributed by atoms with Crippen LogP contribution in [-0.4, -0.2) is 51.7 Å². The SMILES string of the molecule is Cc1c(NS(C)(=O)=O)cccc1C(=O)NCCCN1CCCC1. The first-order valence-electron chi connectivity index (χ1n) is 7.95. The highest BCUT2D eigenvalue weighted by molar-refractivity contribution is 7.92. The lowest BCUT2D eigenvalue weighted by molar-refractivity contribution is 0.0951. The largest absolute Gasteiger partial charge is 0.352 e. The number of nitrogens with zero attached hydrogens (tertiary/aromatic N) is 1. The normalized spacial score (nSPS) is 15.6. The maximum Gasteiger partial charge on any atom is 0.251 e. The van der Waals surface area contributed by atoms with E-state index in [9.17, 15) is 13.2 Å². The molecule has 0 aliphatic carbocycles. The standard InChI is InChI=1S/C16H25N3O3S/c1-13-14(7-5-8-15(13)18-23(2,21)22)16(20)17-9-6-12-19-10-3-4-11-19/h5,7-8,18H,3-4,6,9-12H2,1-2H3,(H,17,20). The van der Waals surface area contributed by atoms with Gasteiger partial charge in [-0.1, -0.05) is 6.07 Å². The quantitative estimate of drug-likeness (QED) is 0.739. The molecule has 0 radical (unpaired) electrons. The molecular formula is C16H25N3O3S. The lowest BCUT2D eigenvalue weighted by atomic mass is 10.1. The van der Waals surface area contributed by atoms with Crippen LogP contribution < -0.4 is 10.0 Å². The van der Waals surface area contributed by atoms with Crippen molar-refractivity contribution in [2.24, 2.45) is 0 Å². The van der Waals surface area contributed by atoms with Gasteiger partial charge >= 0.3 is 0 Å². The van der Waals surface area contributed by atoms with Crippen molar-refractivity contribution in [2.75, 3.05) is 37.2 Å². The van der Waals surface area contributed by atoms with Crippen LogP contribution in [0, 0.1) is 6.92 Å². The number of likely N-dealkylation sites (tertiary alicyclic amines) is 1. The van der Waals surface area contributed by atoms with Crippen LogP contribution in [-0.2, 0) is 10.0 Å². The smallest absolute Gasteiger partial charge is 0.251 e. The molecule has 1 heterocycles. The average Bonchev–Trinajstić information content (AvgIpc) is 2.97. The van der Waals surface area contributed by atoms with Gasteiger partial charge < -0.3 is 10.2 Å². The molecule has 128 valence electrons. The Balaban J connectivity index is 1.89. The summed E-state index contributed by atoms with van der Waals surface area (Å²) in [5.74, 6) is -0.166. The number of carbonyl (C=O) groups is 1. The van der Waals surface area contributed by atoms with E-state index in [1.54, 1.807) is 25.1 Å². The first kappa shape index (κ1) is 17.7. The van der Waals surface area contributed by atoms with Crippen molar-refractivity contribution in [1.82, 2.24) is 10.2 Å². The van der Waals surface area contributed by atoms with Crippen molar-refractivity contribution in [1.29, 1.82) is 0 Å². The summed E-state index contributed by atoms with van der Waals surface area (Å²) in [5.41, 5.74) is 1.58. The number of nitrogens with one attached hydrogen (secondary N) is 2. The van der Waals surface area contributed by atoms with Gasteiger partial charge in [0.25, 0.3) is 5.91 Å². The average molecular weight is 339 g/mol. The maximum atomic E-state index is 12.3. The fraction of sp³-hybridized carbons (Fsp3) is 0.562. The predicted molar refractivity (Wildman–Crippen MR) is 92.3 cm³/mol. The molecule has 2 rings (SSSR count). The molecule has 0 unspecified atom stereocenters. The topological polar surface area (TPSA) is 78.5 Å². The van der Waals surface area contributed by atoms with E-state index >= 15 is 0 Å². The van der Waals surface area contributed by atoms with E-state index in [0.717, 1.165) is 32.3 Å². The summed E-state index contributed by atoms with van der Waals surface area (Å²) < 4.78 is 25.1. The highest BCUT2D eigenvalue weighted by Gasteiger charge is 2.14. The molecule has 7 heteroatoms. The molecule has 1 aliphatic rings. The van der Waals surface area contributed by atoms with E-state index in [0.29, 0.717) is 23.4 Å². The summed E-state index contributed by atoms with van der Waals surface area (Å²) in [5, 5.41) is 2.91. The van der Waals surface area contributed by atoms with Crippen LogP contribution in [0.15, 0.2) is 18.2 Å². The van der Waals surface area contributed by atoms with Gasteiger partial charge in [0.2, 0.25) is 10.0 Å². The molecule has 0 saturated carbocycles. The highest BCUT2D eigenvalue weighted by atomic mass is 32.2. The van der Waals surface area contributed by atoms with Gasteiger partial charge in [-0.3, -0.25) is 9.52 Å². The number of hydrogen-bond acceptors (Lipinski definition) is 4. The second-order valence-electron chi connectivity index (χ2n) is 6.01. The molecule has 0 bridgehead atoms. The van der Waals surface area contributed by atoms with E-state index < -0.39 is 10.0 Å². The van der Waals surface area contributed by atoms with Gasteiger partial charge in [-0.05, 0) is 63.5 Å². The summed E-state index contributed by atoms with van der Waals surface area (Å²) in [6, 6.07) is 5.04. The summed E-state index contributed by atoms with van der Waals surface area (Å²) in [6.45, 7) is 5.69. The van der Waals surface area contributed by atoms with Crippen molar-refractivity contribution in [3.05, 3.63) is 29.3 Å². The predicted octanol–water partition coefficient (Wildman–Crippen LogP) is 1.58. The number of sulfonamides is 1. The van der Waals surface area contributed by atoms with Gasteiger partial charge in [-0.25, -0.2) is 8.42 Å². The van der Waals surface area contributed by atoms with Crippen LogP contribution in [0.5, 0.6) is 0 Å². The maximum absolute atomic E-state index is 12.3. The Bertz CT molecular complexity index is 653. The summed E-state index contributed by atoms with van der Waals surface area (Å²) in [6.07, 6.45) is 4.56. The molecule has 1 amide bonds. The second-order valence-corrected chi connectivity index (χ2v) is 7.76. The number of anilines is 1. The van der Waals surface area contributed by atoms with E-state index in [1.807, 2.05) is 0 Å². The number of rotatable bonds is 7. The minimum atomic E-state index is -3.36. The molecular weight excluding hydrogens is 314 g/mol. The number of benzene rings is 1. The number of amides is 1. The van der Waals surface area contributed by atoms with Crippen LogP contribution in [0.25, 0.3) is 0 Å². The number of hydrogen-bond donors (Lipinski definition) is 2. The van der Waals surface area contributed by atoms with Crippen molar-refractivity contribution in [3.63, 3.8) is 0 Å². The van der Waals surface area contributed by atoms with Gasteiger partial charge in [0.05, 0.1) is 11.9 Å². The first-order chi connectivity index (χ1) is 10.9. The lowest BCUT2D eigenvalue weighted by Crippen LogP contribution is -2.29. The summed E-state index contributed by atoms with van der Waals surface area (Å²) >= 11 is 0. The second kappa shape index (κ2) is 7.79. The molecule has 1 fully saturated rings. The van der Waals surface area contributed by atoms with E-state index in [4.69, 9.17) is 0 Å². The molecule has 0 spiro atoms. The molecule has 2 N–H and O–H groups in total. The van der Waals surface area contributed by atoms with Gasteiger partial charge in [-0.2, -0.15) is 0 Å². The summed E-state index contributed by atoms with van der Waals surface area (Å²) in [4.78, 5) is 14.7. The molecule has 23 heavy (non-hydrogen) atoms. The van der Waals surface area contributed by atoms with Crippen LogP contribution in [0.3, 0.4) is 0 Å². The fourth-order valence-electron chi connectivity index (χ4n) is 2.80. The monoisotopic (exact) mass is 339 g/mol. The fourth-order valence-corrected chi connectivity index (χ4v) is 3.42. The third-order valence-electron chi connectivity index (χ3n) is 4.01. The van der Waals surface area contributed by atoms with Crippen molar-refractivity contribution < 1.29 is 13.2 Å². The molecule has 6 nitrogen and oxygen atoms in total. The first-order valence-corrected chi connectivity index (χ1v) is 9.84. The molecule has 1 saturated heterocycles. The van der Waals surface area contributed by atoms with Crippen molar-refractivity contribution in [3.8, 4) is 0 Å². The van der Waals surface area contributed by atoms with Crippen LogP contribution >= 0.6 is 0 Å². The highest BCUT2D eigenvalue weighted by Crippen LogP contribution is 2.19. The Morgan fingerprint density at radius 2 is 1.96 bits per heavy atom. The Morgan fingerprint density at radius 1 is 1.26 bits per heavy atom. The Morgan fingerprint density at radius 3 is 2.61 bits per heavy atom. The summed E-state index contributed by atoms with van der Waals surface area (Å²) in [7, 11) is -3.36. The van der Waals surface area contributed by atoms with Gasteiger partial charge in [0.15, 0.2) is 0 Å². The van der Waals surface area contributed by atoms with Crippen LogP contribution in [0.1, 0.15) is 35.2 Å². The molecule has 0 aromatic heterocycles. The zero-order chi connectivity index (χ0) is 16.9. The Labute approximate surface area is 138 Å². The minimum Gasteiger partial charge on any atom is -0.352 e. The van der Waals surface area contributed by atoms with Gasteiger partial charge in [0, 0.05) is 12.1 Å². The van der Waals surface area contributed by atoms with Crippen molar-refractivity contribution in [2.45, 2.75) is 26.2 Å². The van der Waals surface area contributed by atoms with Crippen LogP contribution in [0.2, 0.25) is 0 Å². The lowest BCUT2D eigenvalue weighted by Gasteiger charge is -2.15. The van der Waals surface area contributed by atoms with Gasteiger partial charge in [-0.15, -0.1) is 0 Å². The molecule has 0 atom stereocenters. The van der Waals surface area contributed by atoms with E-state index in [2.05, 4.69) is 14.9 Å². The van der Waals surface area contributed by atoms with E-state index in [-0.39, 0.29) is 5.91 Å². The van der Waals surface area contributed by atoms with E-state index in [1.165, 1.54) is 12.8 Å². The third kappa shape index (κ3) is 5.51. The molecule has 1 aromatic rings. The van der Waals surface area contributed by atoms with Crippen LogP contribution in [0.4, 0.5) is 5.69 Å². The Kier molecular flexibility index (Phi) is 6.01. The Hall–Kier alpha value is -1.60. The van der Waals surface area contributed by atoms with Gasteiger partial charge in [0.1, 0.15) is 0 Å². The molecule has 1 aliphatic heterocycles. The van der Waals surface area contributed by atoms with Crippen molar-refractivity contribution >= 4 is 21.6 Å². The zero-order valence-corrected chi connectivity index (χ0v) is 14.6. The third-order valence-corrected chi connectivity index (χ3v) is 4.60. The number of carbonyl (C=O) groups excluding carboxylic acids is 1. The zero-order valence-electron chi connectivity index (χ0n) is 13.8. The molecule has 1 aromatic carbocycles. The minimum absolute atomic E-state index is 0.166.